The van der Waals surface area contributed by atoms with Crippen molar-refractivity contribution < 1.29 is 13.9 Å². The third-order valence-electron chi connectivity index (χ3n) is 2.65. The number of benzene rings is 1. The van der Waals surface area contributed by atoms with E-state index in [2.05, 4.69) is 15.5 Å². The number of amidine groups is 1. The lowest BCUT2D eigenvalue weighted by Crippen LogP contribution is -2.19. The van der Waals surface area contributed by atoms with E-state index in [9.17, 15) is 9.18 Å². The Kier molecular flexibility index (Phi) is 5.74. The first-order valence-corrected chi connectivity index (χ1v) is 7.63. The van der Waals surface area contributed by atoms with E-state index in [-0.39, 0.29) is 11.7 Å². The van der Waals surface area contributed by atoms with E-state index < -0.39 is 5.82 Å². The van der Waals surface area contributed by atoms with Crippen LogP contribution in [-0.2, 0) is 4.79 Å². The fourth-order valence-electron chi connectivity index (χ4n) is 1.57. The number of thioether (sulfide) groups is 1. The van der Waals surface area contributed by atoms with Crippen molar-refractivity contribution in [2.45, 2.75) is 19.8 Å². The number of unbranched alkanes of at least 4 members (excludes halogenated alkanes) is 1. The van der Waals surface area contributed by atoms with Crippen molar-refractivity contribution in [1.29, 1.82) is 0 Å². The molecule has 0 aliphatic carbocycles. The molecule has 1 aliphatic heterocycles. The molecule has 1 heterocycles. The highest BCUT2D eigenvalue weighted by molar-refractivity contribution is 8.15. The number of hydrogen-bond donors (Lipinski definition) is 1. The Labute approximate surface area is 126 Å². The van der Waals surface area contributed by atoms with Gasteiger partial charge in [-0.25, -0.2) is 4.39 Å². The predicted molar refractivity (Wildman–Crippen MR) is 82.4 cm³/mol. The standard InChI is InChI=1S/C14H16FN3O2S/c1-2-3-6-20-12-5-4-10(7-11(12)15)8-16-18-14-17-13(19)9-21-14/h4-5,7-8H,2-3,6,9H2,1H3,(H,17,18,19). The van der Waals surface area contributed by atoms with E-state index in [1.807, 2.05) is 6.92 Å². The van der Waals surface area contributed by atoms with E-state index in [4.69, 9.17) is 4.74 Å². The molecule has 1 aliphatic rings. The van der Waals surface area contributed by atoms with E-state index in [1.165, 1.54) is 24.0 Å². The summed E-state index contributed by atoms with van der Waals surface area (Å²) in [6, 6.07) is 4.62. The first-order valence-electron chi connectivity index (χ1n) is 6.65. The summed E-state index contributed by atoms with van der Waals surface area (Å²) in [5.41, 5.74) is 0.578. The van der Waals surface area contributed by atoms with E-state index in [0.717, 1.165) is 12.8 Å². The Morgan fingerprint density at radius 1 is 1.52 bits per heavy atom. The van der Waals surface area contributed by atoms with E-state index in [0.29, 0.717) is 23.1 Å². The molecule has 5 nitrogen and oxygen atoms in total. The summed E-state index contributed by atoms with van der Waals surface area (Å²) in [5.74, 6) is 0.0811. The van der Waals surface area contributed by atoms with E-state index in [1.54, 1.807) is 12.1 Å². The second kappa shape index (κ2) is 7.78. The SMILES string of the molecule is CCCCOc1ccc(C=NN=C2NC(=O)CS2)cc1F. The summed E-state index contributed by atoms with van der Waals surface area (Å²) in [4.78, 5) is 10.9. The van der Waals surface area contributed by atoms with Gasteiger partial charge in [0.05, 0.1) is 18.6 Å². The molecule has 0 aromatic heterocycles. The van der Waals surface area contributed by atoms with Crippen molar-refractivity contribution >= 4 is 29.1 Å². The third-order valence-corrected chi connectivity index (χ3v) is 3.52. The molecule has 0 radical (unpaired) electrons. The predicted octanol–water partition coefficient (Wildman–Crippen LogP) is 2.56. The first-order chi connectivity index (χ1) is 10.2. The largest absolute Gasteiger partial charge is 0.491 e. The van der Waals surface area contributed by atoms with Gasteiger partial charge in [0.25, 0.3) is 0 Å². The van der Waals surface area contributed by atoms with Crippen LogP contribution in [0.2, 0.25) is 0 Å². The number of ether oxygens (including phenoxy) is 1. The number of nitrogens with one attached hydrogen (secondary N) is 1. The third kappa shape index (κ3) is 4.86. The maximum atomic E-state index is 13.8. The highest BCUT2D eigenvalue weighted by atomic mass is 32.2. The fraction of sp³-hybridized carbons (Fsp3) is 0.357. The molecular weight excluding hydrogens is 293 g/mol. The number of nitrogens with zero attached hydrogens (tertiary/aromatic N) is 2. The molecule has 1 N–H and O–H groups in total. The molecule has 0 unspecified atom stereocenters. The second-order valence-electron chi connectivity index (χ2n) is 4.38. The highest BCUT2D eigenvalue weighted by Gasteiger charge is 2.15. The molecule has 2 rings (SSSR count). The maximum Gasteiger partial charge on any atom is 0.236 e. The monoisotopic (exact) mass is 309 g/mol. The van der Waals surface area contributed by atoms with Gasteiger partial charge in [0, 0.05) is 0 Å². The van der Waals surface area contributed by atoms with Crippen LogP contribution in [-0.4, -0.2) is 29.6 Å². The lowest BCUT2D eigenvalue weighted by Gasteiger charge is -2.06. The highest BCUT2D eigenvalue weighted by Crippen LogP contribution is 2.18. The van der Waals surface area contributed by atoms with Crippen LogP contribution < -0.4 is 10.1 Å². The second-order valence-corrected chi connectivity index (χ2v) is 5.34. The van der Waals surface area contributed by atoms with Crippen LogP contribution >= 0.6 is 11.8 Å². The molecule has 1 aromatic carbocycles. The number of hydrogen-bond acceptors (Lipinski definition) is 5. The summed E-state index contributed by atoms with van der Waals surface area (Å²) < 4.78 is 19.1. The van der Waals surface area contributed by atoms with Crippen LogP contribution in [0.15, 0.2) is 28.4 Å². The number of carbonyl (C=O) groups excluding carboxylic acids is 1. The smallest absolute Gasteiger partial charge is 0.236 e. The van der Waals surface area contributed by atoms with Crippen LogP contribution in [0, 0.1) is 5.82 Å². The van der Waals surface area contributed by atoms with Crippen LogP contribution in [0.5, 0.6) is 5.75 Å². The van der Waals surface area contributed by atoms with Gasteiger partial charge in [-0.05, 0) is 30.2 Å². The average Bonchev–Trinajstić information content (AvgIpc) is 2.87. The zero-order chi connectivity index (χ0) is 15.1. The summed E-state index contributed by atoms with van der Waals surface area (Å²) >= 11 is 1.28. The quantitative estimate of drug-likeness (QED) is 0.499. The molecule has 0 atom stereocenters. The molecule has 1 saturated heterocycles. The normalized spacial score (nSPS) is 16.7. The van der Waals surface area contributed by atoms with Crippen molar-refractivity contribution in [3.8, 4) is 5.75 Å². The molecule has 0 spiro atoms. The van der Waals surface area contributed by atoms with Gasteiger partial charge in [0.2, 0.25) is 5.91 Å². The van der Waals surface area contributed by atoms with Crippen molar-refractivity contribution in [1.82, 2.24) is 5.32 Å². The van der Waals surface area contributed by atoms with Gasteiger partial charge < -0.3 is 10.1 Å². The van der Waals surface area contributed by atoms with Crippen molar-refractivity contribution in [2.24, 2.45) is 10.2 Å². The Hall–Kier alpha value is -1.89. The molecule has 1 aromatic rings. The molecule has 0 bridgehead atoms. The van der Waals surface area contributed by atoms with Crippen molar-refractivity contribution in [2.75, 3.05) is 12.4 Å². The Morgan fingerprint density at radius 2 is 2.38 bits per heavy atom. The summed E-state index contributed by atoms with van der Waals surface area (Å²) in [5, 5.41) is 10.7. The fourth-order valence-corrected chi connectivity index (χ4v) is 2.20. The number of carbonyl (C=O) groups is 1. The van der Waals surface area contributed by atoms with Gasteiger partial charge in [0.15, 0.2) is 16.7 Å². The van der Waals surface area contributed by atoms with Crippen LogP contribution in [0.4, 0.5) is 4.39 Å². The lowest BCUT2D eigenvalue weighted by atomic mass is 10.2. The van der Waals surface area contributed by atoms with Gasteiger partial charge >= 0.3 is 0 Å². The van der Waals surface area contributed by atoms with Crippen LogP contribution in [0.25, 0.3) is 0 Å². The van der Waals surface area contributed by atoms with Gasteiger partial charge in [-0.3, -0.25) is 4.79 Å². The van der Waals surface area contributed by atoms with Crippen LogP contribution in [0.1, 0.15) is 25.3 Å². The maximum absolute atomic E-state index is 13.8. The van der Waals surface area contributed by atoms with Gasteiger partial charge in [0.1, 0.15) is 0 Å². The molecule has 21 heavy (non-hydrogen) atoms. The minimum Gasteiger partial charge on any atom is -0.491 e. The van der Waals surface area contributed by atoms with Gasteiger partial charge in [-0.2, -0.15) is 5.10 Å². The molecule has 7 heteroatoms. The molecular formula is C14H16FN3O2S. The summed E-state index contributed by atoms with van der Waals surface area (Å²) in [6.07, 6.45) is 3.32. The van der Waals surface area contributed by atoms with E-state index >= 15 is 0 Å². The summed E-state index contributed by atoms with van der Waals surface area (Å²) in [6.45, 7) is 2.55. The first kappa shape index (κ1) is 15.5. The molecule has 1 amide bonds. The summed E-state index contributed by atoms with van der Waals surface area (Å²) in [7, 11) is 0. The molecule has 112 valence electrons. The number of amides is 1. The lowest BCUT2D eigenvalue weighted by molar-refractivity contribution is -0.116. The molecule has 1 fully saturated rings. The van der Waals surface area contributed by atoms with Gasteiger partial charge in [-0.15, -0.1) is 5.10 Å². The zero-order valence-electron chi connectivity index (χ0n) is 11.6. The number of rotatable bonds is 6. The minimum absolute atomic E-state index is 0.0893. The molecule has 0 saturated carbocycles. The topological polar surface area (TPSA) is 63.1 Å². The average molecular weight is 309 g/mol. The van der Waals surface area contributed by atoms with Crippen LogP contribution in [0.3, 0.4) is 0 Å². The Morgan fingerprint density at radius 3 is 3.05 bits per heavy atom. The minimum atomic E-state index is -0.425. The van der Waals surface area contributed by atoms with Gasteiger partial charge in [-0.1, -0.05) is 25.1 Å². The Bertz CT molecular complexity index is 575. The number of halogens is 1. The Balaban J connectivity index is 1.95. The van der Waals surface area contributed by atoms with Crippen molar-refractivity contribution in [3.05, 3.63) is 29.6 Å². The zero-order valence-corrected chi connectivity index (χ0v) is 12.5. The van der Waals surface area contributed by atoms with Crippen molar-refractivity contribution in [3.63, 3.8) is 0 Å².